The van der Waals surface area contributed by atoms with Crippen LogP contribution in [0.1, 0.15) is 77.5 Å². The number of aliphatic imine (C=N–C) groups is 4. The Balaban J connectivity index is 0.000000190. The summed E-state index contributed by atoms with van der Waals surface area (Å²) >= 11 is 0. The number of aryl methyl sites for hydroxylation is 2. The highest BCUT2D eigenvalue weighted by Crippen LogP contribution is 2.46. The summed E-state index contributed by atoms with van der Waals surface area (Å²) in [4.78, 5) is 55.5. The van der Waals surface area contributed by atoms with Gasteiger partial charge in [0.15, 0.2) is 43.5 Å². The maximum absolute atomic E-state index is 14.5. The molecule has 6 unspecified atom stereocenters. The van der Waals surface area contributed by atoms with Crippen molar-refractivity contribution in [3.05, 3.63) is 141 Å². The molecule has 714 valence electrons. The smallest absolute Gasteiger partial charge is 0.351 e. The van der Waals surface area contributed by atoms with Crippen LogP contribution >= 0.6 is 0 Å². The topological polar surface area (TPSA) is 482 Å². The Hall–Kier alpha value is -9.06. The number of nitrogens with zero attached hydrogens (tertiary/aromatic N) is 12. The molecule has 128 heavy (non-hydrogen) atoms. The van der Waals surface area contributed by atoms with Gasteiger partial charge in [0.25, 0.3) is 0 Å². The summed E-state index contributed by atoms with van der Waals surface area (Å²) in [5.41, 5.74) is 37.5. The molecule has 12 N–H and O–H groups in total. The number of hydrogen-bond acceptors (Lipinski definition) is 39. The molecule has 13 rings (SSSR count). The zero-order valence-electron chi connectivity index (χ0n) is 76.9. The number of ether oxygens (including phenoxy) is 21. The first kappa shape index (κ1) is 104. The number of amidine groups is 4. The van der Waals surface area contributed by atoms with Gasteiger partial charge in [-0.3, -0.25) is 9.13 Å². The van der Waals surface area contributed by atoms with Gasteiger partial charge in [-0.25, -0.2) is 38.3 Å². The van der Waals surface area contributed by atoms with Gasteiger partial charge < -0.3 is 153 Å². The van der Waals surface area contributed by atoms with E-state index in [2.05, 4.69) is 69.1 Å². The average Bonchev–Trinajstić information content (AvgIpc) is 1.57. The molecular formula is C85H132F2N18O23. The first-order valence-corrected chi connectivity index (χ1v) is 41.3. The van der Waals surface area contributed by atoms with Gasteiger partial charge in [-0.2, -0.15) is 9.97 Å². The van der Waals surface area contributed by atoms with Gasteiger partial charge >= 0.3 is 11.4 Å². The van der Waals surface area contributed by atoms with Crippen molar-refractivity contribution in [1.82, 2.24) is 38.7 Å². The van der Waals surface area contributed by atoms with Crippen molar-refractivity contribution >= 4 is 35.0 Å². The quantitative estimate of drug-likeness (QED) is 0.0611. The van der Waals surface area contributed by atoms with Gasteiger partial charge in [0.2, 0.25) is 0 Å². The molecule has 0 spiro atoms. The molecule has 2 aromatic heterocycles. The third-order valence-electron chi connectivity index (χ3n) is 22.9. The average molecular weight is 1810 g/mol. The van der Waals surface area contributed by atoms with E-state index in [-0.39, 0.29) is 92.6 Å². The number of terminal acetylenes is 1. The van der Waals surface area contributed by atoms with Gasteiger partial charge in [-0.15, -0.1) is 6.42 Å². The summed E-state index contributed by atoms with van der Waals surface area (Å²) in [6, 6.07) is 0. The predicted octanol–water partition coefficient (Wildman–Crippen LogP) is 3.35. The maximum atomic E-state index is 14.5. The van der Waals surface area contributed by atoms with Crippen molar-refractivity contribution < 1.29 is 108 Å². The minimum Gasteiger partial charge on any atom is -0.383 e. The highest BCUT2D eigenvalue weighted by Gasteiger charge is 2.64. The number of unbranched alkanes of at least 4 members (excludes halogenated alkanes) is 1. The summed E-state index contributed by atoms with van der Waals surface area (Å²) in [6.07, 6.45) is 7.25. The largest absolute Gasteiger partial charge is 0.383 e. The standard InChI is InChI=1S/C16H27N3O4.C15H21N3O5.C14H21N3O4.C14H23N3O4.2C13H20FN3O3/c1-5-6-7-11-13(22-4)12(9-21-3)23-15(11)19-8-10(2)14(17)18-16(19)20;1-5-6-22-12-11(21-4)10(8-20-3)23-14(12)18-7-9(2)13(16)17-15(18)19;1-8-5-17(9(2)16-12(8)15)13-10-11(19-4)14(21-13,6-18-3)7-20-10;1-8-6-17(9(2)16-13(8)15)14-12(20-5)11(19-4)10(21-14)7-18-3;2*1-7-5-17(8(2)16-12(7)15)13-10(14)11(19-4)9(20-13)6-18-3/h8,11-13,15H,5-7,9H2,1-4H3,(H2,17,18,20);1,7,10-12,14H,6,8H2,2-4H3,(H2,16,17,19);5,10-11,13H,2,6-7H2,1,3-4H3,(H2,15,16);6,10-12,14H,2,7H2,1,3-5H3,(H2,15,16);2*5,9-11,13H,2,6H2,1,3-4H3,(H2,15,16)/t11-,12+,13?,15+;10-,11?,12+,14-;10-,11?,13+,14-;10-,11?,12+,14-;2*9-,10+,11?,13-/m010111/s1. The van der Waals surface area contributed by atoms with E-state index in [9.17, 15) is 18.4 Å². The number of fused-ring (bicyclic) bond motifs is 2. The van der Waals surface area contributed by atoms with Crippen LogP contribution in [0.2, 0.25) is 0 Å². The Labute approximate surface area is 746 Å². The molecule has 0 amide bonds. The molecule has 43 heteroatoms. The molecule has 7 fully saturated rings. The molecule has 0 saturated carbocycles. The summed E-state index contributed by atoms with van der Waals surface area (Å²) < 4.78 is 148. The molecule has 0 aromatic carbocycles. The van der Waals surface area contributed by atoms with E-state index in [0.717, 1.165) is 47.1 Å². The number of rotatable bonds is 30. The fourth-order valence-corrected chi connectivity index (χ4v) is 16.3. The fourth-order valence-electron chi connectivity index (χ4n) is 16.3. The number of aromatic nitrogens is 4. The van der Waals surface area contributed by atoms with Crippen LogP contribution in [-0.4, -0.2) is 336 Å². The molecule has 2 aromatic rings. The van der Waals surface area contributed by atoms with Crippen molar-refractivity contribution in [3.63, 3.8) is 0 Å². The Morgan fingerprint density at radius 1 is 0.461 bits per heavy atom. The lowest BCUT2D eigenvalue weighted by atomic mass is 9.93. The Kier molecular flexibility index (Phi) is 39.3. The number of halogens is 2. The molecule has 0 radical (unpaired) electrons. The Bertz CT molecular complexity index is 4390. The zero-order chi connectivity index (χ0) is 94.5. The number of nitrogen functional groups attached to an aromatic ring is 2. The fraction of sp³-hybridized carbons (Fsp3) is 0.647. The van der Waals surface area contributed by atoms with E-state index < -0.39 is 97.0 Å². The second-order valence-corrected chi connectivity index (χ2v) is 31.4. The summed E-state index contributed by atoms with van der Waals surface area (Å²) in [6.45, 7) is 31.1. The van der Waals surface area contributed by atoms with Crippen LogP contribution in [0.4, 0.5) is 20.4 Å². The first-order valence-electron chi connectivity index (χ1n) is 41.3. The number of nitrogens with two attached hydrogens (primary N) is 6. The van der Waals surface area contributed by atoms with Crippen LogP contribution in [0.15, 0.2) is 139 Å². The van der Waals surface area contributed by atoms with Crippen molar-refractivity contribution in [2.45, 2.75) is 208 Å². The Morgan fingerprint density at radius 2 is 0.805 bits per heavy atom. The molecule has 41 nitrogen and oxygen atoms in total. The highest BCUT2D eigenvalue weighted by molar-refractivity contribution is 5.99. The SMILES string of the molecule is C#CCO[C@H]1C(OC)[C@@H](COC)O[C@H]1n1cc(C)c(N)nc1=O.C=C1N=C(N)C(C)=CN1[C@@H]1O[C@@]2(COC)CO[C@H]1C2OC.C=C1N=C(N)C(C)=CN1[C@@H]1O[C@H](COC)C(OC)[C@@H]1F.C=C1N=C(N)C(C)=CN1[C@@H]1O[C@H](COC)C(OC)[C@@H]1F.C=C1N=C(N)C(C)=CN1[C@@H]1O[C@H](COC)C(OC)[C@@H]1OC.CCCC[C@H]1C(OC)[C@@H](COC)O[C@H]1n1cc(C)c(N)nc1=O. The molecule has 13 heterocycles. The van der Waals surface area contributed by atoms with Crippen molar-refractivity contribution in [2.75, 3.05) is 157 Å². The Morgan fingerprint density at radius 3 is 1.17 bits per heavy atom. The first-order chi connectivity index (χ1) is 61.1. The maximum Gasteiger partial charge on any atom is 0.351 e. The second kappa shape index (κ2) is 48.2. The lowest BCUT2D eigenvalue weighted by Crippen LogP contribution is -2.48. The van der Waals surface area contributed by atoms with E-state index in [0.29, 0.717) is 85.2 Å². The number of anilines is 2. The molecule has 0 aliphatic carbocycles. The van der Waals surface area contributed by atoms with Crippen LogP contribution in [0, 0.1) is 32.1 Å². The van der Waals surface area contributed by atoms with Gasteiger partial charge in [0.05, 0.1) is 52.4 Å². The predicted molar refractivity (Wildman–Crippen MR) is 470 cm³/mol. The number of alkyl halides is 2. The third kappa shape index (κ3) is 23.8. The van der Waals surface area contributed by atoms with E-state index in [4.69, 9.17) is 140 Å². The van der Waals surface area contributed by atoms with Crippen LogP contribution in [0.5, 0.6) is 0 Å². The monoisotopic (exact) mass is 1810 g/mol. The molecular weight excluding hydrogens is 1680 g/mol. The van der Waals surface area contributed by atoms with Gasteiger partial charge in [-0.1, -0.05) is 52.0 Å². The van der Waals surface area contributed by atoms with Crippen LogP contribution in [-0.2, 0) is 99.5 Å². The second-order valence-electron chi connectivity index (χ2n) is 31.4. The molecule has 11 aliphatic rings. The van der Waals surface area contributed by atoms with Gasteiger partial charge in [-0.05, 0) is 48.0 Å². The lowest BCUT2D eigenvalue weighted by molar-refractivity contribution is -0.196. The van der Waals surface area contributed by atoms with Crippen molar-refractivity contribution in [3.8, 4) is 12.3 Å². The summed E-state index contributed by atoms with van der Waals surface area (Å²) in [7, 11) is 20.6. The van der Waals surface area contributed by atoms with Gasteiger partial charge in [0.1, 0.15) is 156 Å². The minimum atomic E-state index is -1.34. The van der Waals surface area contributed by atoms with E-state index in [1.54, 1.807) is 110 Å². The number of methoxy groups -OCH3 is 13. The van der Waals surface area contributed by atoms with Crippen LogP contribution in [0.25, 0.3) is 0 Å². The summed E-state index contributed by atoms with van der Waals surface area (Å²) in [5, 5.41) is 0. The molecule has 2 bridgehead atoms. The lowest BCUT2D eigenvalue weighted by Gasteiger charge is -2.37. The number of hydrogen-bond donors (Lipinski definition) is 6. The third-order valence-corrected chi connectivity index (χ3v) is 22.9. The van der Waals surface area contributed by atoms with Crippen LogP contribution in [0.3, 0.4) is 0 Å². The normalized spacial score (nSPS) is 32.3. The summed E-state index contributed by atoms with van der Waals surface area (Å²) in [5.74, 6) is 6.31. The van der Waals surface area contributed by atoms with Crippen molar-refractivity contribution in [2.24, 2.45) is 48.8 Å². The van der Waals surface area contributed by atoms with E-state index in [1.165, 1.54) is 47.4 Å². The van der Waals surface area contributed by atoms with Crippen molar-refractivity contribution in [1.29, 1.82) is 0 Å². The molecule has 7 saturated heterocycles. The zero-order valence-corrected chi connectivity index (χ0v) is 76.9. The van der Waals surface area contributed by atoms with Crippen LogP contribution < -0.4 is 45.8 Å². The highest BCUT2D eigenvalue weighted by atomic mass is 19.1. The van der Waals surface area contributed by atoms with E-state index >= 15 is 0 Å². The minimum absolute atomic E-state index is 0.0697. The van der Waals surface area contributed by atoms with Gasteiger partial charge in [0, 0.05) is 169 Å². The molecule has 24 atom stereocenters. The molecule has 11 aliphatic heterocycles. The van der Waals surface area contributed by atoms with E-state index in [1.807, 2.05) is 43.0 Å².